The first-order valence-corrected chi connectivity index (χ1v) is 17.7. The number of hydrogen-bond acceptors (Lipinski definition) is 10. The molecule has 2 heterocycles. The topological polar surface area (TPSA) is 111 Å². The van der Waals surface area contributed by atoms with Gasteiger partial charge in [-0.2, -0.15) is 0 Å². The molecule has 1 saturated heterocycles. The molecule has 1 amide bonds. The van der Waals surface area contributed by atoms with Crippen molar-refractivity contribution in [2.75, 3.05) is 18.1 Å². The van der Waals surface area contributed by atoms with E-state index in [0.29, 0.717) is 63.3 Å². The number of anilines is 1. The highest BCUT2D eigenvalue weighted by Crippen LogP contribution is 2.46. The van der Waals surface area contributed by atoms with Crippen LogP contribution in [0, 0.1) is 0 Å². The fourth-order valence-electron chi connectivity index (χ4n) is 5.31. The van der Waals surface area contributed by atoms with Gasteiger partial charge in [-0.1, -0.05) is 89.3 Å². The zero-order valence-corrected chi connectivity index (χ0v) is 29.1. The second-order valence-electron chi connectivity index (χ2n) is 10.8. The summed E-state index contributed by atoms with van der Waals surface area (Å²) in [6.45, 7) is 4.87. The zero-order chi connectivity index (χ0) is 34.3. The predicted molar refractivity (Wildman–Crippen MR) is 192 cm³/mol. The van der Waals surface area contributed by atoms with Gasteiger partial charge in [0.1, 0.15) is 18.1 Å². The van der Waals surface area contributed by atoms with Crippen LogP contribution in [0.5, 0.6) is 17.2 Å². The number of hydrogen-bond donors (Lipinski definition) is 1. The monoisotopic (exact) mass is 713 g/mol. The number of ketones is 1. The van der Waals surface area contributed by atoms with Crippen LogP contribution in [0.3, 0.4) is 0 Å². The number of thioether (sulfide) groups is 1. The first-order valence-electron chi connectivity index (χ1n) is 15.5. The van der Waals surface area contributed by atoms with E-state index in [0.717, 1.165) is 11.1 Å². The van der Waals surface area contributed by atoms with Crippen LogP contribution in [-0.4, -0.2) is 40.2 Å². The van der Waals surface area contributed by atoms with Crippen LogP contribution in [0.4, 0.5) is 5.13 Å². The highest BCUT2D eigenvalue weighted by Gasteiger charge is 2.48. The summed E-state index contributed by atoms with van der Waals surface area (Å²) in [6, 6.07) is 28.1. The minimum Gasteiger partial charge on any atom is -0.507 e. The highest BCUT2D eigenvalue weighted by atomic mass is 35.5. The highest BCUT2D eigenvalue weighted by molar-refractivity contribution is 8.00. The summed E-state index contributed by atoms with van der Waals surface area (Å²) in [4.78, 5) is 28.9. The Kier molecular flexibility index (Phi) is 10.8. The fraction of sp³-hybridized carbons (Fsp3) is 0.189. The molecule has 1 atom stereocenters. The molecule has 5 aromatic rings. The smallest absolute Gasteiger partial charge is 0.301 e. The maximum absolute atomic E-state index is 13.8. The molecule has 1 unspecified atom stereocenters. The lowest BCUT2D eigenvalue weighted by Gasteiger charge is -2.23. The SMILES string of the molecule is CCOc1ccc(/C(O)=C2\C(=O)C(=O)N(c3nnc(SCc4ccccc4Cl)s3)C2c2ccc(OCc3ccccc3)c(OCC)c2)cc1. The number of aromatic nitrogens is 2. The van der Waals surface area contributed by atoms with E-state index in [1.807, 2.05) is 68.4 Å². The molecule has 0 saturated carbocycles. The van der Waals surface area contributed by atoms with Crippen molar-refractivity contribution in [3.63, 3.8) is 0 Å². The molecule has 0 radical (unpaired) electrons. The molecule has 9 nitrogen and oxygen atoms in total. The summed E-state index contributed by atoms with van der Waals surface area (Å²) in [5.74, 6) is 0.0604. The van der Waals surface area contributed by atoms with Gasteiger partial charge in [-0.05, 0) is 73.0 Å². The molecule has 0 bridgehead atoms. The Morgan fingerprint density at radius 2 is 1.61 bits per heavy atom. The number of Topliss-reactive ketones (excluding diaryl/α,β-unsaturated/α-hetero) is 1. The third kappa shape index (κ3) is 7.59. The number of carbonyl (C=O) groups excluding carboxylic acids is 2. The fourth-order valence-corrected chi connectivity index (χ4v) is 7.46. The summed E-state index contributed by atoms with van der Waals surface area (Å²) in [5.41, 5.74) is 2.70. The third-order valence-corrected chi connectivity index (χ3v) is 10.1. The Morgan fingerprint density at radius 3 is 2.35 bits per heavy atom. The lowest BCUT2D eigenvalue weighted by atomic mass is 9.95. The molecule has 6 rings (SSSR count). The summed E-state index contributed by atoms with van der Waals surface area (Å²) >= 11 is 8.94. The van der Waals surface area contributed by atoms with Crippen molar-refractivity contribution in [2.45, 2.75) is 36.6 Å². The number of rotatable bonds is 13. The normalized spacial score (nSPS) is 15.4. The number of benzene rings is 4. The Hall–Kier alpha value is -4.84. The van der Waals surface area contributed by atoms with E-state index in [2.05, 4.69) is 10.2 Å². The van der Waals surface area contributed by atoms with Crippen LogP contribution in [0.25, 0.3) is 5.76 Å². The minimum atomic E-state index is -1.04. The number of nitrogens with zero attached hydrogens (tertiary/aromatic N) is 3. The summed E-state index contributed by atoms with van der Waals surface area (Å²) in [5, 5.41) is 21.1. The van der Waals surface area contributed by atoms with Crippen molar-refractivity contribution in [1.29, 1.82) is 0 Å². The Balaban J connectivity index is 1.39. The number of ether oxygens (including phenoxy) is 3. The molecule has 12 heteroatoms. The average Bonchev–Trinajstić information content (AvgIpc) is 3.69. The second-order valence-corrected chi connectivity index (χ2v) is 13.4. The average molecular weight is 714 g/mol. The molecular formula is C37H32ClN3O6S2. The van der Waals surface area contributed by atoms with Gasteiger partial charge >= 0.3 is 5.91 Å². The number of amides is 1. The minimum absolute atomic E-state index is 0.0879. The third-order valence-electron chi connectivity index (χ3n) is 7.61. The van der Waals surface area contributed by atoms with Gasteiger partial charge in [0.05, 0.1) is 24.8 Å². The van der Waals surface area contributed by atoms with Gasteiger partial charge in [0, 0.05) is 16.3 Å². The second kappa shape index (κ2) is 15.6. The van der Waals surface area contributed by atoms with Crippen LogP contribution >= 0.6 is 34.7 Å². The molecule has 1 aromatic heterocycles. The van der Waals surface area contributed by atoms with Crippen LogP contribution in [0.1, 0.15) is 42.1 Å². The Bertz CT molecular complexity index is 1980. The van der Waals surface area contributed by atoms with Gasteiger partial charge in [0.15, 0.2) is 15.8 Å². The molecule has 0 spiro atoms. The lowest BCUT2D eigenvalue weighted by molar-refractivity contribution is -0.132. The number of aliphatic hydroxyl groups is 1. The maximum atomic E-state index is 13.8. The molecule has 1 fully saturated rings. The van der Waals surface area contributed by atoms with Crippen LogP contribution in [0.15, 0.2) is 107 Å². The van der Waals surface area contributed by atoms with Gasteiger partial charge < -0.3 is 19.3 Å². The quantitative estimate of drug-likeness (QED) is 0.0422. The molecule has 1 aliphatic rings. The number of halogens is 1. The van der Waals surface area contributed by atoms with E-state index in [9.17, 15) is 14.7 Å². The molecule has 49 heavy (non-hydrogen) atoms. The molecule has 4 aromatic carbocycles. The van der Waals surface area contributed by atoms with E-state index >= 15 is 0 Å². The molecule has 1 N–H and O–H groups in total. The van der Waals surface area contributed by atoms with E-state index in [1.165, 1.54) is 28.0 Å². The standard InChI is InChI=1S/C37H32ClN3O6S2/c1-3-45-27-17-14-24(15-18-27)33(42)31-32(25-16-19-29(30(20-25)46-4-2)47-21-23-10-6-5-7-11-23)41(35(44)34(31)43)36-39-40-37(49-36)48-22-26-12-8-9-13-28(26)38/h5-20,32,42H,3-4,21-22H2,1-2H3/b33-31+. The number of aliphatic hydroxyl groups excluding tert-OH is 1. The Morgan fingerprint density at radius 1 is 0.878 bits per heavy atom. The van der Waals surface area contributed by atoms with Gasteiger partial charge in [-0.3, -0.25) is 14.5 Å². The molecule has 0 aliphatic carbocycles. The van der Waals surface area contributed by atoms with E-state index in [1.54, 1.807) is 42.5 Å². The maximum Gasteiger partial charge on any atom is 0.301 e. The number of carbonyl (C=O) groups is 2. The van der Waals surface area contributed by atoms with Crippen molar-refractivity contribution >= 4 is 57.3 Å². The lowest BCUT2D eigenvalue weighted by Crippen LogP contribution is -2.29. The van der Waals surface area contributed by atoms with Gasteiger partial charge in [0.25, 0.3) is 5.78 Å². The van der Waals surface area contributed by atoms with Crippen molar-refractivity contribution in [1.82, 2.24) is 10.2 Å². The first kappa shape index (κ1) is 34.0. The van der Waals surface area contributed by atoms with Crippen molar-refractivity contribution in [2.24, 2.45) is 0 Å². The van der Waals surface area contributed by atoms with Crippen LogP contribution in [0.2, 0.25) is 5.02 Å². The van der Waals surface area contributed by atoms with E-state index < -0.39 is 17.7 Å². The largest absolute Gasteiger partial charge is 0.507 e. The Labute approximate surface area is 297 Å². The van der Waals surface area contributed by atoms with Crippen molar-refractivity contribution in [3.05, 3.63) is 130 Å². The molecule has 250 valence electrons. The summed E-state index contributed by atoms with van der Waals surface area (Å²) < 4.78 is 18.2. The zero-order valence-electron chi connectivity index (χ0n) is 26.7. The van der Waals surface area contributed by atoms with Gasteiger partial charge in [-0.15, -0.1) is 10.2 Å². The molecule has 1 aliphatic heterocycles. The van der Waals surface area contributed by atoms with Crippen molar-refractivity contribution < 1.29 is 28.9 Å². The first-order chi connectivity index (χ1) is 23.9. The predicted octanol–water partition coefficient (Wildman–Crippen LogP) is 8.49. The van der Waals surface area contributed by atoms with Crippen molar-refractivity contribution in [3.8, 4) is 17.2 Å². The van der Waals surface area contributed by atoms with E-state index in [-0.39, 0.29) is 16.5 Å². The van der Waals surface area contributed by atoms with Gasteiger partial charge in [0.2, 0.25) is 5.13 Å². The van der Waals surface area contributed by atoms with Crippen LogP contribution in [-0.2, 0) is 21.9 Å². The summed E-state index contributed by atoms with van der Waals surface area (Å²) in [7, 11) is 0. The molecular weight excluding hydrogens is 682 g/mol. The van der Waals surface area contributed by atoms with E-state index in [4.69, 9.17) is 25.8 Å². The van der Waals surface area contributed by atoms with Gasteiger partial charge in [-0.25, -0.2) is 0 Å². The van der Waals surface area contributed by atoms with Crippen LogP contribution < -0.4 is 19.1 Å². The summed E-state index contributed by atoms with van der Waals surface area (Å²) in [6.07, 6.45) is 0.